The first-order chi connectivity index (χ1) is 8.26. The summed E-state index contributed by atoms with van der Waals surface area (Å²) in [6, 6.07) is -1.95. The molecule has 2 amide bonds. The number of carboxylic acid groups (broad SMARTS) is 1. The topological polar surface area (TPSA) is 78.4 Å². The number of hydrogen-bond acceptors (Lipinski definition) is 2. The molecule has 18 heavy (non-hydrogen) atoms. The molecule has 0 saturated carbocycles. The second-order valence-corrected chi connectivity index (χ2v) is 3.53. The van der Waals surface area contributed by atoms with Crippen LogP contribution in [0.1, 0.15) is 19.3 Å². The molecule has 0 spiro atoms. The van der Waals surface area contributed by atoms with Crippen LogP contribution in [0.15, 0.2) is 12.7 Å². The number of rotatable bonds is 7. The smallest absolute Gasteiger partial charge is 0.389 e. The van der Waals surface area contributed by atoms with Crippen LogP contribution in [-0.4, -0.2) is 35.9 Å². The van der Waals surface area contributed by atoms with E-state index in [2.05, 4.69) is 17.2 Å². The molecule has 0 fully saturated rings. The second-order valence-electron chi connectivity index (χ2n) is 3.53. The van der Waals surface area contributed by atoms with Crippen molar-refractivity contribution in [2.45, 2.75) is 31.5 Å². The first kappa shape index (κ1) is 16.3. The van der Waals surface area contributed by atoms with Gasteiger partial charge in [0.15, 0.2) is 0 Å². The van der Waals surface area contributed by atoms with Crippen molar-refractivity contribution in [3.05, 3.63) is 12.7 Å². The number of nitrogens with one attached hydrogen (secondary N) is 2. The van der Waals surface area contributed by atoms with E-state index in [4.69, 9.17) is 5.11 Å². The minimum absolute atomic E-state index is 0.0330. The zero-order valence-electron chi connectivity index (χ0n) is 9.59. The highest BCUT2D eigenvalue weighted by molar-refractivity contribution is 5.82. The molecule has 1 unspecified atom stereocenters. The largest absolute Gasteiger partial charge is 0.480 e. The molecule has 0 aliphatic heterocycles. The lowest BCUT2D eigenvalue weighted by Crippen LogP contribution is -2.46. The molecule has 0 radical (unpaired) electrons. The van der Waals surface area contributed by atoms with E-state index in [1.165, 1.54) is 6.08 Å². The number of halogens is 3. The molecule has 0 saturated heterocycles. The van der Waals surface area contributed by atoms with E-state index in [9.17, 15) is 22.8 Å². The third-order valence-corrected chi connectivity index (χ3v) is 1.93. The lowest BCUT2D eigenvalue weighted by molar-refractivity contribution is -0.139. The van der Waals surface area contributed by atoms with Gasteiger partial charge in [-0.1, -0.05) is 6.08 Å². The number of aliphatic carboxylic acids is 1. The lowest BCUT2D eigenvalue weighted by Gasteiger charge is -2.13. The number of carbonyl (C=O) groups is 2. The van der Waals surface area contributed by atoms with Crippen molar-refractivity contribution in [2.24, 2.45) is 0 Å². The molecule has 0 aromatic heterocycles. The van der Waals surface area contributed by atoms with Crippen LogP contribution in [0, 0.1) is 0 Å². The van der Waals surface area contributed by atoms with E-state index < -0.39 is 30.6 Å². The molecule has 104 valence electrons. The van der Waals surface area contributed by atoms with E-state index in [-0.39, 0.29) is 19.4 Å². The Hall–Kier alpha value is -1.73. The number of hydrogen-bond donors (Lipinski definition) is 3. The maximum Gasteiger partial charge on any atom is 0.389 e. The van der Waals surface area contributed by atoms with Crippen LogP contribution in [0.3, 0.4) is 0 Å². The van der Waals surface area contributed by atoms with Crippen molar-refractivity contribution in [3.63, 3.8) is 0 Å². The zero-order chi connectivity index (χ0) is 14.2. The van der Waals surface area contributed by atoms with Crippen LogP contribution in [0.25, 0.3) is 0 Å². The van der Waals surface area contributed by atoms with Crippen molar-refractivity contribution in [1.29, 1.82) is 0 Å². The highest BCUT2D eigenvalue weighted by Crippen LogP contribution is 2.20. The summed E-state index contributed by atoms with van der Waals surface area (Å²) < 4.78 is 35.3. The maximum atomic E-state index is 11.8. The Kier molecular flexibility index (Phi) is 6.84. The molecule has 0 bridgehead atoms. The predicted molar refractivity (Wildman–Crippen MR) is 58.1 cm³/mol. The summed E-state index contributed by atoms with van der Waals surface area (Å²) in [5, 5.41) is 13.0. The normalized spacial score (nSPS) is 12.6. The number of carbonyl (C=O) groups excluding carboxylic acids is 1. The molecule has 1 atom stereocenters. The molecule has 0 aliphatic rings. The lowest BCUT2D eigenvalue weighted by atomic mass is 10.2. The average molecular weight is 268 g/mol. The molecule has 0 heterocycles. The first-order valence-electron chi connectivity index (χ1n) is 5.21. The van der Waals surface area contributed by atoms with Gasteiger partial charge in [-0.3, -0.25) is 0 Å². The average Bonchev–Trinajstić information content (AvgIpc) is 2.22. The monoisotopic (exact) mass is 268 g/mol. The van der Waals surface area contributed by atoms with E-state index >= 15 is 0 Å². The number of urea groups is 1. The van der Waals surface area contributed by atoms with E-state index in [1.54, 1.807) is 0 Å². The van der Waals surface area contributed by atoms with Crippen molar-refractivity contribution in [3.8, 4) is 0 Å². The SMILES string of the molecule is C=CCC(NC(=O)NCCCC(F)(F)F)C(=O)O. The molecule has 5 nitrogen and oxygen atoms in total. The third-order valence-electron chi connectivity index (χ3n) is 1.93. The Morgan fingerprint density at radius 1 is 1.39 bits per heavy atom. The summed E-state index contributed by atoms with van der Waals surface area (Å²) in [7, 11) is 0. The summed E-state index contributed by atoms with van der Waals surface area (Å²) >= 11 is 0. The summed E-state index contributed by atoms with van der Waals surface area (Å²) in [6.07, 6.45) is -4.16. The standard InChI is InChI=1S/C10H15F3N2O3/c1-2-4-7(8(16)17)15-9(18)14-6-3-5-10(11,12)13/h2,7H,1,3-6H2,(H,16,17)(H2,14,15,18). The fraction of sp³-hybridized carbons (Fsp3) is 0.600. The van der Waals surface area contributed by atoms with Crippen LogP contribution < -0.4 is 10.6 Å². The quantitative estimate of drug-likeness (QED) is 0.485. The maximum absolute atomic E-state index is 11.8. The van der Waals surface area contributed by atoms with Gasteiger partial charge in [0.2, 0.25) is 0 Å². The van der Waals surface area contributed by atoms with E-state index in [0.29, 0.717) is 0 Å². The molecular formula is C10H15F3N2O3. The van der Waals surface area contributed by atoms with Crippen molar-refractivity contribution in [2.75, 3.05) is 6.54 Å². The molecule has 8 heteroatoms. The summed E-state index contributed by atoms with van der Waals surface area (Å²) in [5.41, 5.74) is 0. The number of alkyl halides is 3. The van der Waals surface area contributed by atoms with Gasteiger partial charge in [-0.2, -0.15) is 13.2 Å². The molecule has 0 aromatic carbocycles. The Labute approximate surface area is 102 Å². The van der Waals surface area contributed by atoms with Gasteiger partial charge in [-0.15, -0.1) is 6.58 Å². The minimum Gasteiger partial charge on any atom is -0.480 e. The van der Waals surface area contributed by atoms with Gasteiger partial charge in [0, 0.05) is 13.0 Å². The molecule has 3 N–H and O–H groups in total. The summed E-state index contributed by atoms with van der Waals surface area (Å²) in [6.45, 7) is 3.16. The molecule has 0 aliphatic carbocycles. The fourth-order valence-corrected chi connectivity index (χ4v) is 1.09. The van der Waals surface area contributed by atoms with Crippen molar-refractivity contribution < 1.29 is 27.9 Å². The van der Waals surface area contributed by atoms with Crippen molar-refractivity contribution in [1.82, 2.24) is 10.6 Å². The number of carboxylic acids is 1. The van der Waals surface area contributed by atoms with Crippen LogP contribution in [0.2, 0.25) is 0 Å². The van der Waals surface area contributed by atoms with Gasteiger partial charge in [-0.05, 0) is 12.8 Å². The van der Waals surface area contributed by atoms with Crippen LogP contribution >= 0.6 is 0 Å². The Morgan fingerprint density at radius 2 is 2.00 bits per heavy atom. The van der Waals surface area contributed by atoms with Gasteiger partial charge < -0.3 is 15.7 Å². The Bertz CT molecular complexity index is 305. The van der Waals surface area contributed by atoms with Gasteiger partial charge >= 0.3 is 18.2 Å². The minimum atomic E-state index is -4.26. The van der Waals surface area contributed by atoms with Crippen LogP contribution in [0.5, 0.6) is 0 Å². The summed E-state index contributed by atoms with van der Waals surface area (Å²) in [4.78, 5) is 21.8. The third kappa shape index (κ3) is 8.43. The molecule has 0 aromatic rings. The van der Waals surface area contributed by atoms with Crippen molar-refractivity contribution >= 4 is 12.0 Å². The van der Waals surface area contributed by atoms with Gasteiger partial charge in [0.1, 0.15) is 6.04 Å². The van der Waals surface area contributed by atoms with Crippen LogP contribution in [0.4, 0.5) is 18.0 Å². The highest BCUT2D eigenvalue weighted by atomic mass is 19.4. The Balaban J connectivity index is 3.89. The van der Waals surface area contributed by atoms with Gasteiger partial charge in [-0.25, -0.2) is 9.59 Å². The van der Waals surface area contributed by atoms with E-state index in [1.807, 2.05) is 0 Å². The Morgan fingerprint density at radius 3 is 2.44 bits per heavy atom. The predicted octanol–water partition coefficient (Wildman–Crippen LogP) is 1.66. The van der Waals surface area contributed by atoms with Gasteiger partial charge in [0.05, 0.1) is 0 Å². The first-order valence-corrected chi connectivity index (χ1v) is 5.21. The van der Waals surface area contributed by atoms with Gasteiger partial charge in [0.25, 0.3) is 0 Å². The van der Waals surface area contributed by atoms with Crippen LogP contribution in [-0.2, 0) is 4.79 Å². The summed E-state index contributed by atoms with van der Waals surface area (Å²) in [5.74, 6) is -1.24. The fourth-order valence-electron chi connectivity index (χ4n) is 1.09. The number of amides is 2. The molecule has 0 rings (SSSR count). The zero-order valence-corrected chi connectivity index (χ0v) is 9.59. The molecular weight excluding hydrogens is 253 g/mol. The second kappa shape index (κ2) is 7.57. The van der Waals surface area contributed by atoms with E-state index in [0.717, 1.165) is 0 Å². The highest BCUT2D eigenvalue weighted by Gasteiger charge is 2.26.